The highest BCUT2D eigenvalue weighted by Gasteiger charge is 2.10. The van der Waals surface area contributed by atoms with Gasteiger partial charge in [-0.3, -0.25) is 9.97 Å². The van der Waals surface area contributed by atoms with E-state index in [4.69, 9.17) is 9.72 Å². The Bertz CT molecular complexity index is 1050. The summed E-state index contributed by atoms with van der Waals surface area (Å²) in [4.78, 5) is 13.8. The highest BCUT2D eigenvalue weighted by Crippen LogP contribution is 2.30. The Morgan fingerprint density at radius 2 is 1.21 bits per heavy atom. The molecule has 4 heteroatoms. The Balaban J connectivity index is 1.51. The van der Waals surface area contributed by atoms with E-state index in [-0.39, 0.29) is 0 Å². The number of benzene rings is 1. The lowest BCUT2D eigenvalue weighted by atomic mass is 10.0. The smallest absolute Gasteiger partial charge is 0.119 e. The molecule has 0 fully saturated rings. The van der Waals surface area contributed by atoms with E-state index >= 15 is 0 Å². The Morgan fingerprint density at radius 1 is 0.606 bits per heavy atom. The summed E-state index contributed by atoms with van der Waals surface area (Å²) in [7, 11) is 0. The van der Waals surface area contributed by atoms with Crippen LogP contribution < -0.4 is 4.74 Å². The fourth-order valence-electron chi connectivity index (χ4n) is 3.80. The molecule has 4 rings (SSSR count). The second-order valence-corrected chi connectivity index (χ2v) is 8.20. The van der Waals surface area contributed by atoms with Crippen LogP contribution in [0.3, 0.4) is 0 Å². The molecule has 0 radical (unpaired) electrons. The Labute approximate surface area is 196 Å². The lowest BCUT2D eigenvalue weighted by molar-refractivity contribution is 0.304. The van der Waals surface area contributed by atoms with Crippen LogP contribution >= 0.6 is 0 Å². The standard InChI is InChI=1S/C29H31N3O/c1-2-3-4-5-6-11-20-33-25-16-14-23(15-17-25)24-21-28(26-12-7-9-18-30-26)32-29(22-24)27-13-8-10-19-31-27/h7-10,12-19,21-22H,2-6,11,20H2,1H3. The summed E-state index contributed by atoms with van der Waals surface area (Å²) < 4.78 is 5.96. The van der Waals surface area contributed by atoms with Crippen LogP contribution in [0.25, 0.3) is 33.9 Å². The molecule has 0 unspecified atom stereocenters. The number of hydrogen-bond acceptors (Lipinski definition) is 4. The van der Waals surface area contributed by atoms with Crippen molar-refractivity contribution in [2.24, 2.45) is 0 Å². The van der Waals surface area contributed by atoms with Gasteiger partial charge < -0.3 is 4.74 Å². The average molecular weight is 438 g/mol. The van der Waals surface area contributed by atoms with Crippen LogP contribution in [0.15, 0.2) is 85.2 Å². The molecule has 4 aromatic rings. The quantitative estimate of drug-likeness (QED) is 0.227. The summed E-state index contributed by atoms with van der Waals surface area (Å²) in [6, 6.07) is 24.2. The van der Waals surface area contributed by atoms with Crippen LogP contribution in [0, 0.1) is 0 Å². The molecule has 0 spiro atoms. The molecule has 0 saturated carbocycles. The largest absolute Gasteiger partial charge is 0.494 e. The van der Waals surface area contributed by atoms with E-state index in [9.17, 15) is 0 Å². The number of unbranched alkanes of at least 4 members (excludes halogenated alkanes) is 5. The molecule has 0 aliphatic heterocycles. The lowest BCUT2D eigenvalue weighted by Crippen LogP contribution is -1.97. The maximum atomic E-state index is 5.96. The molecule has 3 aromatic heterocycles. The zero-order valence-electron chi connectivity index (χ0n) is 19.3. The minimum Gasteiger partial charge on any atom is -0.494 e. The molecule has 33 heavy (non-hydrogen) atoms. The molecule has 0 amide bonds. The minimum absolute atomic E-state index is 0.772. The lowest BCUT2D eigenvalue weighted by Gasteiger charge is -2.10. The predicted octanol–water partition coefficient (Wildman–Crippen LogP) is 7.61. The monoisotopic (exact) mass is 437 g/mol. The SMILES string of the molecule is CCCCCCCCOc1ccc(-c2cc(-c3ccccn3)nc(-c3ccccn3)c2)cc1. The maximum Gasteiger partial charge on any atom is 0.119 e. The van der Waals surface area contributed by atoms with Crippen LogP contribution in [-0.2, 0) is 0 Å². The van der Waals surface area contributed by atoms with Crippen molar-refractivity contribution in [3.8, 4) is 39.7 Å². The fraction of sp³-hybridized carbons (Fsp3) is 0.276. The van der Waals surface area contributed by atoms with Crippen LogP contribution in [0.4, 0.5) is 0 Å². The van der Waals surface area contributed by atoms with Crippen molar-refractivity contribution in [3.05, 3.63) is 85.2 Å². The summed E-state index contributed by atoms with van der Waals surface area (Å²) in [6.45, 7) is 3.02. The van der Waals surface area contributed by atoms with Crippen molar-refractivity contribution in [1.82, 2.24) is 15.0 Å². The third-order valence-corrected chi connectivity index (χ3v) is 5.63. The maximum absolute atomic E-state index is 5.96. The van der Waals surface area contributed by atoms with E-state index in [2.05, 4.69) is 41.2 Å². The van der Waals surface area contributed by atoms with E-state index in [1.165, 1.54) is 32.1 Å². The molecule has 4 nitrogen and oxygen atoms in total. The van der Waals surface area contributed by atoms with Crippen molar-refractivity contribution in [3.63, 3.8) is 0 Å². The highest BCUT2D eigenvalue weighted by atomic mass is 16.5. The zero-order valence-corrected chi connectivity index (χ0v) is 19.3. The van der Waals surface area contributed by atoms with Gasteiger partial charge in [-0.15, -0.1) is 0 Å². The third-order valence-electron chi connectivity index (χ3n) is 5.63. The molecule has 0 saturated heterocycles. The van der Waals surface area contributed by atoms with Crippen LogP contribution in [0.5, 0.6) is 5.75 Å². The Morgan fingerprint density at radius 3 is 1.79 bits per heavy atom. The molecule has 1 aromatic carbocycles. The first-order valence-corrected chi connectivity index (χ1v) is 11.9. The van der Waals surface area contributed by atoms with Gasteiger partial charge in [-0.1, -0.05) is 63.3 Å². The van der Waals surface area contributed by atoms with Crippen molar-refractivity contribution in [1.29, 1.82) is 0 Å². The molecular formula is C29H31N3O. The first kappa shape index (κ1) is 22.7. The number of ether oxygens (including phenoxy) is 1. The van der Waals surface area contributed by atoms with Crippen molar-refractivity contribution in [2.75, 3.05) is 6.61 Å². The molecule has 0 aliphatic carbocycles. The van der Waals surface area contributed by atoms with Gasteiger partial charge in [-0.2, -0.15) is 0 Å². The van der Waals surface area contributed by atoms with Gasteiger partial charge in [-0.25, -0.2) is 4.98 Å². The summed E-state index contributed by atoms with van der Waals surface area (Å²) in [5, 5.41) is 0. The number of nitrogens with zero attached hydrogens (tertiary/aromatic N) is 3. The van der Waals surface area contributed by atoms with Gasteiger partial charge in [0.15, 0.2) is 0 Å². The summed E-state index contributed by atoms with van der Waals surface area (Å²) in [6.07, 6.45) is 11.2. The van der Waals surface area contributed by atoms with Gasteiger partial charge in [0, 0.05) is 12.4 Å². The van der Waals surface area contributed by atoms with E-state index in [1.54, 1.807) is 12.4 Å². The van der Waals surface area contributed by atoms with E-state index in [1.807, 2.05) is 48.5 Å². The van der Waals surface area contributed by atoms with E-state index < -0.39 is 0 Å². The van der Waals surface area contributed by atoms with Gasteiger partial charge in [0.1, 0.15) is 5.75 Å². The topological polar surface area (TPSA) is 47.9 Å². The molecule has 0 aliphatic rings. The second-order valence-electron chi connectivity index (χ2n) is 8.20. The summed E-state index contributed by atoms with van der Waals surface area (Å²) in [5.74, 6) is 0.913. The van der Waals surface area contributed by atoms with Crippen molar-refractivity contribution >= 4 is 0 Å². The number of aromatic nitrogens is 3. The molecule has 0 N–H and O–H groups in total. The fourth-order valence-corrected chi connectivity index (χ4v) is 3.80. The van der Waals surface area contributed by atoms with Crippen LogP contribution in [-0.4, -0.2) is 21.6 Å². The van der Waals surface area contributed by atoms with Gasteiger partial charge in [0.25, 0.3) is 0 Å². The molecule has 168 valence electrons. The molecule has 3 heterocycles. The molecule has 0 bridgehead atoms. The van der Waals surface area contributed by atoms with Crippen LogP contribution in [0.2, 0.25) is 0 Å². The van der Waals surface area contributed by atoms with Gasteiger partial charge in [-0.05, 0) is 66.1 Å². The summed E-state index contributed by atoms with van der Waals surface area (Å²) in [5.41, 5.74) is 5.53. The molecule has 0 atom stereocenters. The second kappa shape index (κ2) is 11.9. The van der Waals surface area contributed by atoms with Crippen molar-refractivity contribution in [2.45, 2.75) is 45.4 Å². The number of rotatable bonds is 11. The van der Waals surface area contributed by atoms with Crippen molar-refractivity contribution < 1.29 is 4.74 Å². The average Bonchev–Trinajstić information content (AvgIpc) is 2.89. The zero-order chi connectivity index (χ0) is 22.7. The van der Waals surface area contributed by atoms with E-state index in [0.29, 0.717) is 0 Å². The third kappa shape index (κ3) is 6.48. The van der Waals surface area contributed by atoms with Gasteiger partial charge in [0.2, 0.25) is 0 Å². The molecular weight excluding hydrogens is 406 g/mol. The summed E-state index contributed by atoms with van der Waals surface area (Å²) >= 11 is 0. The van der Waals surface area contributed by atoms with Gasteiger partial charge in [0.05, 0.1) is 29.4 Å². The number of hydrogen-bond donors (Lipinski definition) is 0. The van der Waals surface area contributed by atoms with Gasteiger partial charge >= 0.3 is 0 Å². The first-order chi connectivity index (χ1) is 16.3. The predicted molar refractivity (Wildman–Crippen MR) is 135 cm³/mol. The minimum atomic E-state index is 0.772. The Kier molecular flexibility index (Phi) is 8.18. The highest BCUT2D eigenvalue weighted by molar-refractivity contribution is 5.74. The first-order valence-electron chi connectivity index (χ1n) is 11.9. The van der Waals surface area contributed by atoms with E-state index in [0.717, 1.165) is 52.7 Å². The number of pyridine rings is 3. The Hall–Kier alpha value is -3.53. The normalized spacial score (nSPS) is 10.8. The van der Waals surface area contributed by atoms with Crippen LogP contribution in [0.1, 0.15) is 45.4 Å².